The van der Waals surface area contributed by atoms with Crippen LogP contribution in [0.3, 0.4) is 0 Å². The molecule has 0 atom stereocenters. The van der Waals surface area contributed by atoms with E-state index in [0.717, 1.165) is 28.1 Å². The highest BCUT2D eigenvalue weighted by atomic mass is 35.5. The van der Waals surface area contributed by atoms with Crippen molar-refractivity contribution in [3.8, 4) is 5.69 Å². The van der Waals surface area contributed by atoms with Gasteiger partial charge in [0, 0.05) is 23.4 Å². The molecule has 0 bridgehead atoms. The first-order chi connectivity index (χ1) is 13.3. The summed E-state index contributed by atoms with van der Waals surface area (Å²) >= 11 is 7.84. The van der Waals surface area contributed by atoms with Crippen LogP contribution in [0.1, 0.15) is 17.1 Å². The summed E-state index contributed by atoms with van der Waals surface area (Å²) in [6.45, 7) is 0. The molecule has 0 unspecified atom stereocenters. The third-order valence-corrected chi connectivity index (χ3v) is 5.24. The van der Waals surface area contributed by atoms with Crippen LogP contribution in [-0.4, -0.2) is 19.7 Å². The summed E-state index contributed by atoms with van der Waals surface area (Å²) in [4.78, 5) is 4.39. The van der Waals surface area contributed by atoms with E-state index in [1.54, 1.807) is 18.0 Å². The van der Waals surface area contributed by atoms with Gasteiger partial charge in [0.05, 0.1) is 11.4 Å². The van der Waals surface area contributed by atoms with Gasteiger partial charge in [0.15, 0.2) is 5.16 Å². The molecule has 134 valence electrons. The monoisotopic (exact) mass is 392 g/mol. The number of aromatic nitrogens is 4. The number of halogens is 1. The van der Waals surface area contributed by atoms with Gasteiger partial charge in [-0.05, 0) is 35.9 Å². The lowest BCUT2D eigenvalue weighted by Gasteiger charge is -2.11. The lowest BCUT2D eigenvalue weighted by Crippen LogP contribution is -2.04. The molecule has 0 aliphatic carbocycles. The van der Waals surface area contributed by atoms with Crippen LogP contribution in [0, 0.1) is 0 Å². The second-order valence-electron chi connectivity index (χ2n) is 5.99. The van der Waals surface area contributed by atoms with E-state index in [-0.39, 0.29) is 0 Å². The number of pyridine rings is 1. The van der Waals surface area contributed by atoms with Crippen LogP contribution < -0.4 is 0 Å². The first-order valence-corrected chi connectivity index (χ1v) is 9.93. The molecule has 0 fully saturated rings. The van der Waals surface area contributed by atoms with Gasteiger partial charge in [-0.3, -0.25) is 9.55 Å². The van der Waals surface area contributed by atoms with Crippen LogP contribution in [0.25, 0.3) is 5.69 Å². The van der Waals surface area contributed by atoms with Crippen LogP contribution in [0.2, 0.25) is 5.02 Å². The van der Waals surface area contributed by atoms with Gasteiger partial charge in [-0.15, -0.1) is 10.2 Å². The first kappa shape index (κ1) is 17.8. The molecule has 0 aliphatic heterocycles. The molecule has 4 nitrogen and oxygen atoms in total. The van der Waals surface area contributed by atoms with Crippen LogP contribution in [-0.2, 0) is 12.2 Å². The zero-order valence-corrected chi connectivity index (χ0v) is 16.1. The topological polar surface area (TPSA) is 43.6 Å². The molecule has 0 N–H and O–H groups in total. The molecular weight excluding hydrogens is 376 g/mol. The van der Waals surface area contributed by atoms with Crippen LogP contribution in [0.15, 0.2) is 84.1 Å². The van der Waals surface area contributed by atoms with Crippen LogP contribution >= 0.6 is 23.4 Å². The van der Waals surface area contributed by atoms with Gasteiger partial charge in [0.1, 0.15) is 5.82 Å². The summed E-state index contributed by atoms with van der Waals surface area (Å²) in [5.41, 5.74) is 3.16. The molecule has 0 spiro atoms. The van der Waals surface area contributed by atoms with Crippen molar-refractivity contribution < 1.29 is 0 Å². The van der Waals surface area contributed by atoms with E-state index in [2.05, 4.69) is 31.9 Å². The number of nitrogens with zero attached hydrogens (tertiary/aromatic N) is 4. The lowest BCUT2D eigenvalue weighted by atomic mass is 10.1. The first-order valence-electron chi connectivity index (χ1n) is 8.56. The minimum atomic E-state index is 0.688. The third kappa shape index (κ3) is 4.38. The van der Waals surface area contributed by atoms with E-state index in [0.29, 0.717) is 11.4 Å². The van der Waals surface area contributed by atoms with E-state index in [9.17, 15) is 0 Å². The van der Waals surface area contributed by atoms with Gasteiger partial charge in [0.25, 0.3) is 0 Å². The smallest absolute Gasteiger partial charge is 0.196 e. The van der Waals surface area contributed by atoms with Crippen LogP contribution in [0.5, 0.6) is 0 Å². The summed E-state index contributed by atoms with van der Waals surface area (Å²) in [6, 6.07) is 24.0. The molecule has 6 heteroatoms. The van der Waals surface area contributed by atoms with Crippen LogP contribution in [0.4, 0.5) is 0 Å². The largest absolute Gasteiger partial charge is 0.274 e. The van der Waals surface area contributed by atoms with Gasteiger partial charge >= 0.3 is 0 Å². The minimum absolute atomic E-state index is 0.688. The van der Waals surface area contributed by atoms with Crippen molar-refractivity contribution in [1.82, 2.24) is 19.7 Å². The molecule has 0 radical (unpaired) electrons. The Morgan fingerprint density at radius 1 is 0.889 bits per heavy atom. The number of hydrogen-bond acceptors (Lipinski definition) is 4. The summed E-state index contributed by atoms with van der Waals surface area (Å²) < 4.78 is 2.08. The van der Waals surface area contributed by atoms with Crippen molar-refractivity contribution in [2.24, 2.45) is 0 Å². The average molecular weight is 393 g/mol. The molecule has 0 aliphatic rings. The van der Waals surface area contributed by atoms with Crippen molar-refractivity contribution in [2.75, 3.05) is 0 Å². The Morgan fingerprint density at radius 2 is 1.74 bits per heavy atom. The Morgan fingerprint density at radius 3 is 2.52 bits per heavy atom. The van der Waals surface area contributed by atoms with Crippen molar-refractivity contribution in [2.45, 2.75) is 17.3 Å². The molecule has 27 heavy (non-hydrogen) atoms. The van der Waals surface area contributed by atoms with Gasteiger partial charge in [-0.2, -0.15) is 0 Å². The molecule has 4 rings (SSSR count). The van der Waals surface area contributed by atoms with Crippen molar-refractivity contribution in [1.29, 1.82) is 0 Å². The molecule has 4 aromatic rings. The SMILES string of the molecule is Clc1cccc(-n2c(Cc3ccccc3)nnc2SCc2ccccn2)c1. The quantitative estimate of drug-likeness (QED) is 0.423. The van der Waals surface area contributed by atoms with Gasteiger partial charge in [0.2, 0.25) is 0 Å². The fourth-order valence-corrected chi connectivity index (χ4v) is 3.85. The fraction of sp³-hybridized carbons (Fsp3) is 0.0952. The highest BCUT2D eigenvalue weighted by molar-refractivity contribution is 7.98. The molecule has 2 aromatic carbocycles. The predicted molar refractivity (Wildman–Crippen MR) is 109 cm³/mol. The molecular formula is C21H17ClN4S. The number of hydrogen-bond donors (Lipinski definition) is 0. The second-order valence-corrected chi connectivity index (χ2v) is 7.37. The normalized spacial score (nSPS) is 10.9. The average Bonchev–Trinajstić information content (AvgIpc) is 3.10. The van der Waals surface area contributed by atoms with Gasteiger partial charge in [-0.25, -0.2) is 0 Å². The van der Waals surface area contributed by atoms with Gasteiger partial charge < -0.3 is 0 Å². The van der Waals surface area contributed by atoms with Crippen molar-refractivity contribution in [3.05, 3.63) is 101 Å². The highest BCUT2D eigenvalue weighted by Gasteiger charge is 2.15. The van der Waals surface area contributed by atoms with Gasteiger partial charge in [-0.1, -0.05) is 65.8 Å². The summed E-state index contributed by atoms with van der Waals surface area (Å²) in [7, 11) is 0. The highest BCUT2D eigenvalue weighted by Crippen LogP contribution is 2.27. The Hall–Kier alpha value is -2.63. The maximum Gasteiger partial charge on any atom is 0.196 e. The maximum absolute atomic E-state index is 6.23. The minimum Gasteiger partial charge on any atom is -0.274 e. The third-order valence-electron chi connectivity index (χ3n) is 4.05. The maximum atomic E-state index is 6.23. The Labute approximate surface area is 167 Å². The number of benzene rings is 2. The van der Waals surface area contributed by atoms with Crippen molar-refractivity contribution in [3.63, 3.8) is 0 Å². The molecule has 0 saturated carbocycles. The van der Waals surface area contributed by atoms with E-state index in [4.69, 9.17) is 11.6 Å². The number of thioether (sulfide) groups is 1. The molecule has 2 aromatic heterocycles. The molecule has 0 saturated heterocycles. The fourth-order valence-electron chi connectivity index (χ4n) is 2.78. The standard InChI is InChI=1S/C21H17ClN4S/c22-17-9-6-11-19(14-17)26-20(13-16-7-2-1-3-8-16)24-25-21(26)27-15-18-10-4-5-12-23-18/h1-12,14H,13,15H2. The van der Waals surface area contributed by atoms with E-state index in [1.165, 1.54) is 5.56 Å². The lowest BCUT2D eigenvalue weighted by molar-refractivity contribution is 0.847. The van der Waals surface area contributed by atoms with Crippen molar-refractivity contribution >= 4 is 23.4 Å². The summed E-state index contributed by atoms with van der Waals surface area (Å²) in [6.07, 6.45) is 2.50. The predicted octanol–water partition coefficient (Wildman–Crippen LogP) is 5.20. The Kier molecular flexibility index (Phi) is 5.51. The number of rotatable bonds is 6. The summed E-state index contributed by atoms with van der Waals surface area (Å²) in [5, 5.41) is 10.4. The zero-order valence-electron chi connectivity index (χ0n) is 14.5. The van der Waals surface area contributed by atoms with E-state index < -0.39 is 0 Å². The van der Waals surface area contributed by atoms with E-state index in [1.807, 2.05) is 60.7 Å². The van der Waals surface area contributed by atoms with E-state index >= 15 is 0 Å². The molecule has 0 amide bonds. The Balaban J connectivity index is 1.68. The molecule has 2 heterocycles. The zero-order chi connectivity index (χ0) is 18.5. The Bertz CT molecular complexity index is 1020. The second kappa shape index (κ2) is 8.37. The summed E-state index contributed by atoms with van der Waals surface area (Å²) in [5.74, 6) is 1.61.